The molecule has 3 aromatic heterocycles. The third-order valence-electron chi connectivity index (χ3n) is 2.29. The van der Waals surface area contributed by atoms with Gasteiger partial charge in [-0.2, -0.15) is 4.98 Å². The van der Waals surface area contributed by atoms with Crippen LogP contribution in [0.5, 0.6) is 0 Å². The Morgan fingerprint density at radius 3 is 3.05 bits per heavy atom. The van der Waals surface area contributed by atoms with Gasteiger partial charge >= 0.3 is 0 Å². The minimum Gasteiger partial charge on any atom is -0.458 e. The maximum absolute atomic E-state index is 11.9. The maximum Gasteiger partial charge on any atom is 0.294 e. The van der Waals surface area contributed by atoms with Gasteiger partial charge in [0, 0.05) is 0 Å². The van der Waals surface area contributed by atoms with Crippen LogP contribution in [0.1, 0.15) is 10.6 Å². The zero-order valence-electron chi connectivity index (χ0n) is 9.38. The summed E-state index contributed by atoms with van der Waals surface area (Å²) in [6.45, 7) is 0. The van der Waals surface area contributed by atoms with Gasteiger partial charge in [-0.1, -0.05) is 6.07 Å². The molecule has 96 valence electrons. The van der Waals surface area contributed by atoms with Gasteiger partial charge in [0.2, 0.25) is 11.7 Å². The molecular weight excluding hydrogens is 332 g/mol. The highest BCUT2D eigenvalue weighted by Crippen LogP contribution is 2.22. The van der Waals surface area contributed by atoms with E-state index in [9.17, 15) is 4.79 Å². The van der Waals surface area contributed by atoms with E-state index in [1.807, 2.05) is 17.5 Å². The number of nitrogens with zero attached hydrogens (tertiary/aromatic N) is 2. The smallest absolute Gasteiger partial charge is 0.294 e. The molecule has 0 aliphatic rings. The van der Waals surface area contributed by atoms with E-state index >= 15 is 0 Å². The fourth-order valence-corrected chi connectivity index (χ4v) is 2.50. The van der Waals surface area contributed by atoms with Crippen molar-refractivity contribution in [2.75, 3.05) is 5.32 Å². The topological polar surface area (TPSA) is 83.8 Å². The predicted molar refractivity (Wildman–Crippen MR) is 74.1 cm³/mol. The van der Waals surface area contributed by atoms with Crippen LogP contribution in [0, 0.1) is 0 Å². The molecule has 0 fully saturated rings. The van der Waals surface area contributed by atoms with Crippen molar-refractivity contribution in [1.29, 1.82) is 0 Å². The second kappa shape index (κ2) is 4.98. The number of furan rings is 1. The highest BCUT2D eigenvalue weighted by Gasteiger charge is 2.16. The summed E-state index contributed by atoms with van der Waals surface area (Å²) in [4.78, 5) is 17.0. The molecule has 0 bridgehead atoms. The average molecular weight is 339 g/mol. The Hall–Kier alpha value is -1.93. The zero-order valence-corrected chi connectivity index (χ0v) is 11.8. The number of rotatable bonds is 3. The molecule has 2 N–H and O–H groups in total. The van der Waals surface area contributed by atoms with Crippen molar-refractivity contribution in [3.63, 3.8) is 0 Å². The molecule has 0 aliphatic heterocycles. The first kappa shape index (κ1) is 12.1. The summed E-state index contributed by atoms with van der Waals surface area (Å²) in [7, 11) is 0. The van der Waals surface area contributed by atoms with E-state index in [2.05, 4.69) is 36.4 Å². The second-order valence-corrected chi connectivity index (χ2v) is 5.34. The van der Waals surface area contributed by atoms with Crippen LogP contribution in [0.2, 0.25) is 0 Å². The van der Waals surface area contributed by atoms with E-state index in [1.54, 1.807) is 6.07 Å². The molecule has 3 aromatic rings. The minimum atomic E-state index is -0.409. The molecular formula is C11H7BrN4O2S. The van der Waals surface area contributed by atoms with Crippen molar-refractivity contribution in [1.82, 2.24) is 15.2 Å². The van der Waals surface area contributed by atoms with E-state index in [0.717, 1.165) is 4.88 Å². The molecule has 0 spiro atoms. The lowest BCUT2D eigenvalue weighted by Crippen LogP contribution is -2.12. The van der Waals surface area contributed by atoms with Gasteiger partial charge in [0.1, 0.15) is 0 Å². The fourth-order valence-electron chi connectivity index (χ4n) is 1.46. The number of anilines is 1. The molecule has 0 atom stereocenters. The van der Waals surface area contributed by atoms with E-state index in [0.29, 0.717) is 10.3 Å². The number of halogens is 1. The second-order valence-electron chi connectivity index (χ2n) is 3.54. The van der Waals surface area contributed by atoms with Gasteiger partial charge in [0.25, 0.3) is 5.91 Å². The fraction of sp³-hybridized carbons (Fsp3) is 0. The SMILES string of the molecule is O=C(Nc1n[nH]c(-c2cccs2)n1)c1occc1Br. The van der Waals surface area contributed by atoms with Crippen molar-refractivity contribution >= 4 is 39.1 Å². The largest absolute Gasteiger partial charge is 0.458 e. The third-order valence-corrected chi connectivity index (χ3v) is 3.79. The van der Waals surface area contributed by atoms with Crippen LogP contribution >= 0.6 is 27.3 Å². The standard InChI is InChI=1S/C11H7BrN4O2S/c12-6-3-4-18-8(6)10(17)14-11-13-9(15-16-11)7-2-1-5-19-7/h1-5H,(H2,13,14,15,16,17). The van der Waals surface area contributed by atoms with Crippen LogP contribution in [0.25, 0.3) is 10.7 Å². The molecule has 8 heteroatoms. The van der Waals surface area contributed by atoms with Gasteiger partial charge in [-0.25, -0.2) is 0 Å². The average Bonchev–Trinajstić information content (AvgIpc) is 3.07. The molecule has 0 aromatic carbocycles. The van der Waals surface area contributed by atoms with Crippen LogP contribution in [-0.2, 0) is 0 Å². The molecule has 0 saturated carbocycles. The quantitative estimate of drug-likeness (QED) is 0.768. The van der Waals surface area contributed by atoms with Gasteiger partial charge in [0.05, 0.1) is 15.6 Å². The summed E-state index contributed by atoms with van der Waals surface area (Å²) >= 11 is 4.75. The molecule has 0 saturated heterocycles. The summed E-state index contributed by atoms with van der Waals surface area (Å²) in [6.07, 6.45) is 1.42. The van der Waals surface area contributed by atoms with Crippen LogP contribution in [0.15, 0.2) is 38.7 Å². The molecule has 6 nitrogen and oxygen atoms in total. The van der Waals surface area contributed by atoms with Crippen molar-refractivity contribution in [3.8, 4) is 10.7 Å². The number of thiophene rings is 1. The summed E-state index contributed by atoms with van der Waals surface area (Å²) in [5, 5.41) is 11.2. The molecule has 19 heavy (non-hydrogen) atoms. The lowest BCUT2D eigenvalue weighted by Gasteiger charge is -1.97. The number of carbonyl (C=O) groups excluding carboxylic acids is 1. The number of aromatic amines is 1. The van der Waals surface area contributed by atoms with Crippen molar-refractivity contribution < 1.29 is 9.21 Å². The van der Waals surface area contributed by atoms with Gasteiger partial charge in [-0.15, -0.1) is 16.4 Å². The summed E-state index contributed by atoms with van der Waals surface area (Å²) < 4.78 is 5.64. The lowest BCUT2D eigenvalue weighted by atomic mass is 10.4. The van der Waals surface area contributed by atoms with E-state index in [1.165, 1.54) is 17.6 Å². The number of aromatic nitrogens is 3. The summed E-state index contributed by atoms with van der Waals surface area (Å²) in [5.74, 6) is 0.594. The van der Waals surface area contributed by atoms with Gasteiger partial charge in [0.15, 0.2) is 5.82 Å². The van der Waals surface area contributed by atoms with Crippen molar-refractivity contribution in [2.45, 2.75) is 0 Å². The third kappa shape index (κ3) is 2.45. The monoisotopic (exact) mass is 338 g/mol. The minimum absolute atomic E-state index is 0.183. The zero-order chi connectivity index (χ0) is 13.2. The summed E-state index contributed by atoms with van der Waals surface area (Å²) in [6, 6.07) is 5.48. The van der Waals surface area contributed by atoms with Crippen LogP contribution in [0.3, 0.4) is 0 Å². The molecule has 1 amide bonds. The van der Waals surface area contributed by atoms with Gasteiger partial charge < -0.3 is 4.42 Å². The van der Waals surface area contributed by atoms with Crippen LogP contribution in [0.4, 0.5) is 5.95 Å². The highest BCUT2D eigenvalue weighted by molar-refractivity contribution is 9.10. The molecule has 0 unspecified atom stereocenters. The number of hydrogen-bond donors (Lipinski definition) is 2. The Kier molecular flexibility index (Phi) is 3.18. The van der Waals surface area contributed by atoms with Gasteiger partial charge in [-0.05, 0) is 33.4 Å². The Morgan fingerprint density at radius 1 is 1.47 bits per heavy atom. The number of H-pyrrole nitrogens is 1. The highest BCUT2D eigenvalue weighted by atomic mass is 79.9. The maximum atomic E-state index is 11.9. The first-order valence-electron chi connectivity index (χ1n) is 5.24. The predicted octanol–water partition coefficient (Wildman–Crippen LogP) is 3.14. The Morgan fingerprint density at radius 2 is 2.37 bits per heavy atom. The van der Waals surface area contributed by atoms with Crippen LogP contribution < -0.4 is 5.32 Å². The number of amides is 1. The Balaban J connectivity index is 1.78. The number of nitrogens with one attached hydrogen (secondary N) is 2. The van der Waals surface area contributed by atoms with E-state index in [-0.39, 0.29) is 11.7 Å². The lowest BCUT2D eigenvalue weighted by molar-refractivity contribution is 0.0995. The summed E-state index contributed by atoms with van der Waals surface area (Å²) in [5.41, 5.74) is 0. The Labute approximate surface area is 120 Å². The van der Waals surface area contributed by atoms with Crippen molar-refractivity contribution in [3.05, 3.63) is 40.1 Å². The first-order chi connectivity index (χ1) is 9.24. The Bertz CT molecular complexity index is 704. The number of carbonyl (C=O) groups is 1. The number of hydrogen-bond acceptors (Lipinski definition) is 5. The van der Waals surface area contributed by atoms with Gasteiger partial charge in [-0.3, -0.25) is 15.2 Å². The molecule has 3 rings (SSSR count). The molecule has 0 aliphatic carbocycles. The van der Waals surface area contributed by atoms with Crippen LogP contribution in [-0.4, -0.2) is 21.1 Å². The molecule has 0 radical (unpaired) electrons. The van der Waals surface area contributed by atoms with Crippen molar-refractivity contribution in [2.24, 2.45) is 0 Å². The normalized spacial score (nSPS) is 10.6. The van der Waals surface area contributed by atoms with E-state index < -0.39 is 5.91 Å². The van der Waals surface area contributed by atoms with E-state index in [4.69, 9.17) is 4.42 Å². The molecule has 3 heterocycles. The first-order valence-corrected chi connectivity index (χ1v) is 6.92.